The number of aromatic nitrogens is 3. The number of benzene rings is 1. The number of aromatic amines is 1. The molecule has 0 atom stereocenters. The second-order valence-corrected chi connectivity index (χ2v) is 4.74. The molecule has 0 saturated heterocycles. The Kier molecular flexibility index (Phi) is 2.15. The maximum absolute atomic E-state index is 4.50. The van der Waals surface area contributed by atoms with E-state index in [0.29, 0.717) is 5.92 Å². The van der Waals surface area contributed by atoms with Crippen LogP contribution in [0, 0.1) is 6.92 Å². The fourth-order valence-electron chi connectivity index (χ4n) is 2.13. The van der Waals surface area contributed by atoms with Crippen LogP contribution in [-0.2, 0) is 0 Å². The lowest BCUT2D eigenvalue weighted by Gasteiger charge is -2.07. The summed E-state index contributed by atoms with van der Waals surface area (Å²) < 4.78 is 0. The summed E-state index contributed by atoms with van der Waals surface area (Å²) in [4.78, 5) is 12.4. The first-order valence-corrected chi connectivity index (χ1v) is 5.91. The monoisotopic (exact) mass is 225 g/mol. The van der Waals surface area contributed by atoms with Crippen molar-refractivity contribution in [2.75, 3.05) is 0 Å². The van der Waals surface area contributed by atoms with E-state index in [1.165, 1.54) is 11.1 Å². The summed E-state index contributed by atoms with van der Waals surface area (Å²) in [5.74, 6) is 1.31. The molecule has 86 valence electrons. The van der Waals surface area contributed by atoms with Crippen LogP contribution in [0.2, 0.25) is 0 Å². The van der Waals surface area contributed by atoms with Crippen LogP contribution in [0.3, 0.4) is 0 Å². The summed E-state index contributed by atoms with van der Waals surface area (Å²) in [6.45, 7) is 6.29. The average molecular weight is 225 g/mol. The van der Waals surface area contributed by atoms with Crippen LogP contribution >= 0.6 is 0 Å². The normalized spacial score (nSPS) is 11.8. The Morgan fingerprint density at radius 2 is 1.82 bits per heavy atom. The zero-order valence-corrected chi connectivity index (χ0v) is 10.3. The molecule has 0 fully saturated rings. The van der Waals surface area contributed by atoms with E-state index in [0.717, 1.165) is 22.4 Å². The fourth-order valence-corrected chi connectivity index (χ4v) is 2.13. The summed E-state index contributed by atoms with van der Waals surface area (Å²) in [6.07, 6.45) is 0. The van der Waals surface area contributed by atoms with Crippen molar-refractivity contribution < 1.29 is 0 Å². The van der Waals surface area contributed by atoms with Crippen LogP contribution in [0.1, 0.15) is 31.3 Å². The van der Waals surface area contributed by atoms with Crippen molar-refractivity contribution in [3.8, 4) is 0 Å². The Morgan fingerprint density at radius 1 is 1.06 bits per heavy atom. The van der Waals surface area contributed by atoms with E-state index in [2.05, 4.69) is 47.0 Å². The molecule has 1 aromatic carbocycles. The average Bonchev–Trinajstić information content (AvgIpc) is 2.69. The lowest BCUT2D eigenvalue weighted by molar-refractivity contribution is 0.830. The summed E-state index contributed by atoms with van der Waals surface area (Å²) in [5, 5.41) is 1.18. The second kappa shape index (κ2) is 3.55. The number of rotatable bonds is 1. The molecule has 0 aliphatic carbocycles. The third-order valence-corrected chi connectivity index (χ3v) is 3.08. The van der Waals surface area contributed by atoms with E-state index >= 15 is 0 Å². The summed E-state index contributed by atoms with van der Waals surface area (Å²) >= 11 is 0. The van der Waals surface area contributed by atoms with E-state index < -0.39 is 0 Å². The molecule has 3 heteroatoms. The van der Waals surface area contributed by atoms with Gasteiger partial charge in [0.1, 0.15) is 11.3 Å². The smallest absolute Gasteiger partial charge is 0.126 e. The number of nitrogens with one attached hydrogen (secondary N) is 1. The third kappa shape index (κ3) is 1.58. The van der Waals surface area contributed by atoms with Gasteiger partial charge in [0.2, 0.25) is 0 Å². The van der Waals surface area contributed by atoms with E-state index in [1.807, 2.05) is 13.0 Å². The molecule has 2 aromatic heterocycles. The zero-order chi connectivity index (χ0) is 12.0. The third-order valence-electron chi connectivity index (χ3n) is 3.08. The van der Waals surface area contributed by atoms with Crippen LogP contribution in [0.4, 0.5) is 0 Å². The standard InChI is InChI=1S/C14H15N3/c1-8(2)11-6-4-10-5-7-12-14(13(10)17-11)16-9(3)15-12/h4-8,17H,1-3H3. The van der Waals surface area contributed by atoms with Crippen molar-refractivity contribution in [1.82, 2.24) is 15.0 Å². The maximum Gasteiger partial charge on any atom is 0.126 e. The second-order valence-electron chi connectivity index (χ2n) is 4.74. The molecule has 0 aliphatic rings. The number of aryl methyl sites for hydroxylation is 1. The lowest BCUT2D eigenvalue weighted by atomic mass is 10.1. The van der Waals surface area contributed by atoms with Gasteiger partial charge in [-0.1, -0.05) is 26.0 Å². The molecule has 2 heterocycles. The van der Waals surface area contributed by atoms with Gasteiger partial charge in [-0.2, -0.15) is 0 Å². The highest BCUT2D eigenvalue weighted by atomic mass is 14.9. The SMILES string of the molecule is Cc1nc2ccc3ccc(C(C)C)[nH]c3c2n1. The number of nitrogens with zero attached hydrogens (tertiary/aromatic N) is 2. The number of hydrogen-bond donors (Lipinski definition) is 1. The van der Waals surface area contributed by atoms with Gasteiger partial charge in [-0.25, -0.2) is 9.97 Å². The molecule has 0 amide bonds. The Balaban J connectivity index is 2.41. The highest BCUT2D eigenvalue weighted by molar-refractivity contribution is 6.01. The molecule has 0 aliphatic heterocycles. The minimum Gasteiger partial charge on any atom is -0.356 e. The lowest BCUT2D eigenvalue weighted by Crippen LogP contribution is -1.93. The minimum absolute atomic E-state index is 0.485. The van der Waals surface area contributed by atoms with Crippen molar-refractivity contribution in [3.63, 3.8) is 0 Å². The van der Waals surface area contributed by atoms with Crippen LogP contribution in [-0.4, -0.2) is 15.0 Å². The first-order valence-electron chi connectivity index (χ1n) is 5.91. The molecule has 17 heavy (non-hydrogen) atoms. The van der Waals surface area contributed by atoms with Crippen LogP contribution < -0.4 is 0 Å². The van der Waals surface area contributed by atoms with E-state index in [4.69, 9.17) is 0 Å². The van der Waals surface area contributed by atoms with Crippen molar-refractivity contribution in [3.05, 3.63) is 35.8 Å². The van der Waals surface area contributed by atoms with Gasteiger partial charge in [0.05, 0.1) is 11.0 Å². The number of pyridine rings is 1. The predicted octanol–water partition coefficient (Wildman–Crippen LogP) is 3.54. The Morgan fingerprint density at radius 3 is 2.59 bits per heavy atom. The first kappa shape index (κ1) is 10.3. The summed E-state index contributed by atoms with van der Waals surface area (Å²) in [6, 6.07) is 8.40. The molecular weight excluding hydrogens is 210 g/mol. The van der Waals surface area contributed by atoms with Crippen molar-refractivity contribution in [2.24, 2.45) is 0 Å². The molecule has 0 saturated carbocycles. The van der Waals surface area contributed by atoms with Crippen molar-refractivity contribution in [1.29, 1.82) is 0 Å². The van der Waals surface area contributed by atoms with Gasteiger partial charge in [0.25, 0.3) is 0 Å². The predicted molar refractivity (Wildman–Crippen MR) is 70.2 cm³/mol. The minimum atomic E-state index is 0.485. The van der Waals surface area contributed by atoms with E-state index in [-0.39, 0.29) is 0 Å². The van der Waals surface area contributed by atoms with Crippen molar-refractivity contribution in [2.45, 2.75) is 26.7 Å². The zero-order valence-electron chi connectivity index (χ0n) is 10.3. The highest BCUT2D eigenvalue weighted by Crippen LogP contribution is 2.24. The molecule has 0 radical (unpaired) electrons. The number of hydrogen-bond acceptors (Lipinski definition) is 2. The topological polar surface area (TPSA) is 41.6 Å². The first-order chi connectivity index (χ1) is 8.15. The Hall–Kier alpha value is -1.90. The van der Waals surface area contributed by atoms with Crippen LogP contribution in [0.25, 0.3) is 21.9 Å². The Bertz CT molecular complexity index is 695. The summed E-state index contributed by atoms with van der Waals surface area (Å²) in [5.41, 5.74) is 4.26. The number of H-pyrrole nitrogens is 1. The molecule has 0 unspecified atom stereocenters. The quantitative estimate of drug-likeness (QED) is 0.688. The van der Waals surface area contributed by atoms with Crippen LogP contribution in [0.5, 0.6) is 0 Å². The van der Waals surface area contributed by atoms with Gasteiger partial charge in [0.15, 0.2) is 0 Å². The van der Waals surface area contributed by atoms with E-state index in [9.17, 15) is 0 Å². The van der Waals surface area contributed by atoms with E-state index in [1.54, 1.807) is 0 Å². The highest BCUT2D eigenvalue weighted by Gasteiger charge is 2.07. The van der Waals surface area contributed by atoms with Gasteiger partial charge in [-0.15, -0.1) is 0 Å². The molecular formula is C14H15N3. The molecule has 0 spiro atoms. The molecule has 3 aromatic rings. The number of imidazole rings is 1. The largest absolute Gasteiger partial charge is 0.356 e. The fraction of sp³-hybridized carbons (Fsp3) is 0.286. The molecule has 0 bridgehead atoms. The molecule has 3 nitrogen and oxygen atoms in total. The van der Waals surface area contributed by atoms with Gasteiger partial charge in [-0.05, 0) is 25.0 Å². The number of fused-ring (bicyclic) bond motifs is 3. The summed E-state index contributed by atoms with van der Waals surface area (Å²) in [7, 11) is 0. The molecule has 1 N–H and O–H groups in total. The Labute approximate surface area is 99.9 Å². The van der Waals surface area contributed by atoms with Gasteiger partial charge in [-0.3, -0.25) is 0 Å². The van der Waals surface area contributed by atoms with Crippen LogP contribution in [0.15, 0.2) is 24.3 Å². The van der Waals surface area contributed by atoms with Gasteiger partial charge >= 0.3 is 0 Å². The van der Waals surface area contributed by atoms with Gasteiger partial charge < -0.3 is 4.98 Å². The molecule has 3 rings (SSSR count). The maximum atomic E-state index is 4.50. The van der Waals surface area contributed by atoms with Crippen molar-refractivity contribution >= 4 is 21.9 Å². The van der Waals surface area contributed by atoms with Gasteiger partial charge in [0, 0.05) is 11.1 Å².